The van der Waals surface area contributed by atoms with Crippen molar-refractivity contribution in [3.8, 4) is 11.3 Å². The summed E-state index contributed by atoms with van der Waals surface area (Å²) in [7, 11) is 3.43. The molecule has 6 heteroatoms. The Morgan fingerprint density at radius 3 is 2.33 bits per heavy atom. The van der Waals surface area contributed by atoms with Gasteiger partial charge in [-0.3, -0.25) is 14.7 Å². The Hall–Kier alpha value is -3.41. The van der Waals surface area contributed by atoms with E-state index in [1.807, 2.05) is 43.3 Å². The number of aryl methyl sites for hydroxylation is 1. The third-order valence-electron chi connectivity index (χ3n) is 4.23. The van der Waals surface area contributed by atoms with E-state index in [4.69, 9.17) is 0 Å². The molecule has 138 valence electrons. The van der Waals surface area contributed by atoms with Crippen molar-refractivity contribution in [2.45, 2.75) is 13.5 Å². The highest BCUT2D eigenvalue weighted by molar-refractivity contribution is 5.94. The number of rotatable bonds is 5. The van der Waals surface area contributed by atoms with Crippen LogP contribution < -0.4 is 5.32 Å². The highest BCUT2D eigenvalue weighted by Crippen LogP contribution is 2.18. The van der Waals surface area contributed by atoms with Crippen LogP contribution >= 0.6 is 0 Å². The fraction of sp³-hybridized carbons (Fsp3) is 0.190. The molecule has 0 saturated carbocycles. The van der Waals surface area contributed by atoms with Gasteiger partial charge in [0, 0.05) is 31.8 Å². The van der Waals surface area contributed by atoms with E-state index in [0.29, 0.717) is 17.8 Å². The molecule has 0 saturated heterocycles. The van der Waals surface area contributed by atoms with E-state index < -0.39 is 0 Å². The van der Waals surface area contributed by atoms with Crippen molar-refractivity contribution in [1.29, 1.82) is 0 Å². The van der Waals surface area contributed by atoms with E-state index in [-0.39, 0.29) is 11.8 Å². The monoisotopic (exact) mass is 362 g/mol. The summed E-state index contributed by atoms with van der Waals surface area (Å²) in [5, 5.41) is 9.85. The molecule has 1 aromatic heterocycles. The summed E-state index contributed by atoms with van der Waals surface area (Å²) in [6, 6.07) is 16.9. The fourth-order valence-corrected chi connectivity index (χ4v) is 2.61. The van der Waals surface area contributed by atoms with Crippen molar-refractivity contribution in [1.82, 2.24) is 20.4 Å². The van der Waals surface area contributed by atoms with Crippen molar-refractivity contribution >= 4 is 11.8 Å². The minimum atomic E-state index is -0.227. The number of carbonyl (C=O) groups excluding carboxylic acids is 2. The van der Waals surface area contributed by atoms with Crippen molar-refractivity contribution in [3.63, 3.8) is 0 Å². The minimum absolute atomic E-state index is 0.0494. The molecule has 0 aliphatic carbocycles. The van der Waals surface area contributed by atoms with E-state index in [0.717, 1.165) is 16.8 Å². The number of H-pyrrole nitrogens is 1. The van der Waals surface area contributed by atoms with Crippen molar-refractivity contribution in [2.75, 3.05) is 14.1 Å². The molecule has 2 aromatic carbocycles. The van der Waals surface area contributed by atoms with Crippen LogP contribution in [0.25, 0.3) is 11.3 Å². The second kappa shape index (κ2) is 7.86. The summed E-state index contributed by atoms with van der Waals surface area (Å²) in [5.74, 6) is -0.277. The van der Waals surface area contributed by atoms with Crippen LogP contribution in [0.4, 0.5) is 0 Å². The van der Waals surface area contributed by atoms with Gasteiger partial charge in [-0.25, -0.2) is 0 Å². The number of hydrogen-bond acceptors (Lipinski definition) is 3. The maximum atomic E-state index is 12.3. The first-order chi connectivity index (χ1) is 12.9. The summed E-state index contributed by atoms with van der Waals surface area (Å²) >= 11 is 0. The maximum absolute atomic E-state index is 12.3. The van der Waals surface area contributed by atoms with Crippen LogP contribution in [0.3, 0.4) is 0 Å². The van der Waals surface area contributed by atoms with Crippen molar-refractivity contribution in [3.05, 3.63) is 77.0 Å². The van der Waals surface area contributed by atoms with Gasteiger partial charge in [0.2, 0.25) is 0 Å². The summed E-state index contributed by atoms with van der Waals surface area (Å²) in [6.07, 6.45) is 0. The standard InChI is InChI=1S/C21H22N4O2/c1-14-4-8-16(9-5-14)18-12-19(24-23-18)20(26)22-13-15-6-10-17(11-7-15)21(27)25(2)3/h4-12H,13H2,1-3H3,(H,22,26)(H,23,24). The van der Waals surface area contributed by atoms with Crippen LogP contribution in [0.2, 0.25) is 0 Å². The van der Waals surface area contributed by atoms with Crippen LogP contribution in [0.1, 0.15) is 32.0 Å². The molecule has 2 N–H and O–H groups in total. The molecule has 0 radical (unpaired) electrons. The Kier molecular flexibility index (Phi) is 5.35. The number of hydrogen-bond donors (Lipinski definition) is 2. The molecule has 0 aliphatic heterocycles. The maximum Gasteiger partial charge on any atom is 0.269 e. The molecule has 0 aliphatic rings. The number of nitrogens with zero attached hydrogens (tertiary/aromatic N) is 2. The van der Waals surface area contributed by atoms with Gasteiger partial charge in [0.25, 0.3) is 11.8 Å². The first kappa shape index (κ1) is 18.4. The van der Waals surface area contributed by atoms with E-state index in [9.17, 15) is 9.59 Å². The molecule has 0 bridgehead atoms. The van der Waals surface area contributed by atoms with Crippen LogP contribution in [-0.2, 0) is 6.54 Å². The van der Waals surface area contributed by atoms with Crippen molar-refractivity contribution in [2.24, 2.45) is 0 Å². The van der Waals surface area contributed by atoms with Gasteiger partial charge in [0.05, 0.1) is 5.69 Å². The quantitative estimate of drug-likeness (QED) is 0.732. The van der Waals surface area contributed by atoms with Crippen LogP contribution in [0.5, 0.6) is 0 Å². The highest BCUT2D eigenvalue weighted by atomic mass is 16.2. The zero-order chi connectivity index (χ0) is 19.4. The van der Waals surface area contributed by atoms with E-state index in [1.165, 1.54) is 10.5 Å². The van der Waals surface area contributed by atoms with Gasteiger partial charge >= 0.3 is 0 Å². The lowest BCUT2D eigenvalue weighted by molar-refractivity contribution is 0.0827. The lowest BCUT2D eigenvalue weighted by Gasteiger charge is -2.10. The molecule has 2 amide bonds. The smallest absolute Gasteiger partial charge is 0.269 e. The average Bonchev–Trinajstić information content (AvgIpc) is 3.16. The van der Waals surface area contributed by atoms with Gasteiger partial charge in [0.15, 0.2) is 0 Å². The van der Waals surface area contributed by atoms with E-state index >= 15 is 0 Å². The Morgan fingerprint density at radius 1 is 1.04 bits per heavy atom. The first-order valence-corrected chi connectivity index (χ1v) is 8.65. The number of amides is 2. The number of nitrogens with one attached hydrogen (secondary N) is 2. The molecule has 0 spiro atoms. The van der Waals surface area contributed by atoms with Crippen LogP contribution in [0, 0.1) is 6.92 Å². The van der Waals surface area contributed by atoms with E-state index in [1.54, 1.807) is 32.3 Å². The van der Waals surface area contributed by atoms with Gasteiger partial charge in [-0.15, -0.1) is 0 Å². The Labute approximate surface area is 158 Å². The zero-order valence-electron chi connectivity index (χ0n) is 15.6. The number of aromatic nitrogens is 2. The molecule has 1 heterocycles. The summed E-state index contributed by atoms with van der Waals surface area (Å²) in [4.78, 5) is 25.8. The summed E-state index contributed by atoms with van der Waals surface area (Å²) in [5.41, 5.74) is 4.79. The van der Waals surface area contributed by atoms with Gasteiger partial charge in [0.1, 0.15) is 5.69 Å². The largest absolute Gasteiger partial charge is 0.347 e. The topological polar surface area (TPSA) is 78.1 Å². The molecular formula is C21H22N4O2. The number of benzene rings is 2. The third-order valence-corrected chi connectivity index (χ3v) is 4.23. The summed E-state index contributed by atoms with van der Waals surface area (Å²) < 4.78 is 0. The normalized spacial score (nSPS) is 10.5. The van der Waals surface area contributed by atoms with Gasteiger partial charge < -0.3 is 10.2 Å². The number of aromatic amines is 1. The first-order valence-electron chi connectivity index (χ1n) is 8.65. The average molecular weight is 362 g/mol. The predicted molar refractivity (Wildman–Crippen MR) is 104 cm³/mol. The van der Waals surface area contributed by atoms with Crippen molar-refractivity contribution < 1.29 is 9.59 Å². The lowest BCUT2D eigenvalue weighted by atomic mass is 10.1. The zero-order valence-corrected chi connectivity index (χ0v) is 15.6. The minimum Gasteiger partial charge on any atom is -0.347 e. The second-order valence-corrected chi connectivity index (χ2v) is 6.61. The fourth-order valence-electron chi connectivity index (χ4n) is 2.61. The number of carbonyl (C=O) groups is 2. The lowest BCUT2D eigenvalue weighted by Crippen LogP contribution is -2.23. The van der Waals surface area contributed by atoms with Gasteiger partial charge in [-0.05, 0) is 30.7 Å². The van der Waals surface area contributed by atoms with Crippen LogP contribution in [-0.4, -0.2) is 41.0 Å². The predicted octanol–water partition coefficient (Wildman–Crippen LogP) is 3.02. The highest BCUT2D eigenvalue weighted by Gasteiger charge is 2.11. The Bertz CT molecular complexity index is 941. The molecule has 6 nitrogen and oxygen atoms in total. The molecule has 3 rings (SSSR count). The third kappa shape index (κ3) is 4.41. The SMILES string of the molecule is Cc1ccc(-c2cc(C(=O)NCc3ccc(C(=O)N(C)C)cc3)[nH]n2)cc1. The molecule has 0 atom stereocenters. The Morgan fingerprint density at radius 2 is 1.70 bits per heavy atom. The molecule has 0 fully saturated rings. The molecule has 3 aromatic rings. The van der Waals surface area contributed by atoms with Crippen LogP contribution in [0.15, 0.2) is 54.6 Å². The summed E-state index contributed by atoms with van der Waals surface area (Å²) in [6.45, 7) is 2.39. The Balaban J connectivity index is 1.61. The molecule has 0 unspecified atom stereocenters. The molecule has 27 heavy (non-hydrogen) atoms. The van der Waals surface area contributed by atoms with E-state index in [2.05, 4.69) is 15.5 Å². The second-order valence-electron chi connectivity index (χ2n) is 6.61. The molecular weight excluding hydrogens is 340 g/mol. The van der Waals surface area contributed by atoms with Gasteiger partial charge in [-0.2, -0.15) is 5.10 Å². The van der Waals surface area contributed by atoms with Gasteiger partial charge in [-0.1, -0.05) is 42.0 Å².